The van der Waals surface area contributed by atoms with Crippen LogP contribution in [-0.4, -0.2) is 36.9 Å². The maximum absolute atomic E-state index is 11.4. The quantitative estimate of drug-likeness (QED) is 0.808. The minimum absolute atomic E-state index is 0.0312. The summed E-state index contributed by atoms with van der Waals surface area (Å²) in [4.78, 5) is 11.4. The molecule has 0 aliphatic carbocycles. The van der Waals surface area contributed by atoms with Gasteiger partial charge in [0, 0.05) is 12.8 Å². The number of nitrogens with zero attached hydrogens (tertiary/aromatic N) is 2. The Balaban J connectivity index is 2.24. The number of ether oxygens (including phenoxy) is 2. The third kappa shape index (κ3) is 3.22. The molecule has 1 aromatic carbocycles. The average Bonchev–Trinajstić information content (AvgIpc) is 2.87. The van der Waals surface area contributed by atoms with Gasteiger partial charge in [-0.15, -0.1) is 10.2 Å². The first-order valence-corrected chi connectivity index (χ1v) is 6.52. The van der Waals surface area contributed by atoms with Crippen molar-refractivity contribution in [1.82, 2.24) is 10.2 Å². The molecule has 0 unspecified atom stereocenters. The summed E-state index contributed by atoms with van der Waals surface area (Å²) in [6.07, 6.45) is 0. The molecule has 0 bridgehead atoms. The van der Waals surface area contributed by atoms with Crippen LogP contribution in [0.4, 0.5) is 10.8 Å². The second-order valence-corrected chi connectivity index (χ2v) is 4.83. The summed E-state index contributed by atoms with van der Waals surface area (Å²) in [7, 11) is 3.01. The van der Waals surface area contributed by atoms with Crippen molar-refractivity contribution in [1.29, 1.82) is 0 Å². The second-order valence-electron chi connectivity index (χ2n) is 3.85. The molecule has 0 fully saturated rings. The number of benzene rings is 1. The molecule has 0 atom stereocenters. The number of anilines is 2. The fourth-order valence-corrected chi connectivity index (χ4v) is 2.34. The Bertz CT molecular complexity index is 614. The largest absolute Gasteiger partial charge is 0.496 e. The first kappa shape index (κ1) is 14.2. The van der Waals surface area contributed by atoms with Crippen LogP contribution in [0.1, 0.15) is 0 Å². The van der Waals surface area contributed by atoms with Crippen LogP contribution in [0, 0.1) is 0 Å². The van der Waals surface area contributed by atoms with Gasteiger partial charge in [0.2, 0.25) is 5.13 Å². The summed E-state index contributed by atoms with van der Waals surface area (Å²) in [5, 5.41) is 11.5. The van der Waals surface area contributed by atoms with E-state index >= 15 is 0 Å². The molecule has 0 radical (unpaired) electrons. The van der Waals surface area contributed by atoms with Crippen molar-refractivity contribution in [3.05, 3.63) is 18.2 Å². The molecule has 7 nitrogen and oxygen atoms in total. The summed E-state index contributed by atoms with van der Waals surface area (Å²) in [5.74, 6) is 0.361. The lowest BCUT2D eigenvalue weighted by molar-refractivity contribution is -0.119. The van der Waals surface area contributed by atoms with Crippen LogP contribution in [-0.2, 0) is 9.53 Å². The van der Waals surface area contributed by atoms with Crippen molar-refractivity contribution >= 4 is 28.1 Å². The molecule has 2 rings (SSSR count). The highest BCUT2D eigenvalue weighted by Gasteiger charge is 2.13. The molecule has 106 valence electrons. The van der Waals surface area contributed by atoms with Gasteiger partial charge in [0.15, 0.2) is 5.01 Å². The van der Waals surface area contributed by atoms with Gasteiger partial charge in [0.25, 0.3) is 5.91 Å². The first-order valence-electron chi connectivity index (χ1n) is 5.70. The minimum Gasteiger partial charge on any atom is -0.496 e. The average molecular weight is 294 g/mol. The van der Waals surface area contributed by atoms with Crippen LogP contribution in [0.25, 0.3) is 10.6 Å². The second kappa shape index (κ2) is 6.31. The van der Waals surface area contributed by atoms with E-state index in [4.69, 9.17) is 15.2 Å². The van der Waals surface area contributed by atoms with Crippen molar-refractivity contribution in [2.24, 2.45) is 0 Å². The van der Waals surface area contributed by atoms with E-state index in [1.807, 2.05) is 0 Å². The van der Waals surface area contributed by atoms with Crippen molar-refractivity contribution in [3.8, 4) is 16.3 Å². The number of nitrogens with one attached hydrogen (secondary N) is 1. The molecule has 0 saturated carbocycles. The molecular weight excluding hydrogens is 280 g/mol. The maximum atomic E-state index is 11.4. The monoisotopic (exact) mass is 294 g/mol. The molecular formula is C12H14N4O3S. The van der Waals surface area contributed by atoms with Crippen molar-refractivity contribution in [2.45, 2.75) is 0 Å². The van der Waals surface area contributed by atoms with Crippen LogP contribution in [0.5, 0.6) is 5.75 Å². The van der Waals surface area contributed by atoms with E-state index in [0.29, 0.717) is 21.6 Å². The number of carbonyl (C=O) groups is 1. The van der Waals surface area contributed by atoms with Gasteiger partial charge in [0.05, 0.1) is 12.7 Å². The number of carbonyl (C=O) groups excluding carboxylic acids is 1. The van der Waals surface area contributed by atoms with E-state index in [-0.39, 0.29) is 12.5 Å². The highest BCUT2D eigenvalue weighted by Crippen LogP contribution is 2.34. The Morgan fingerprint density at radius 2 is 2.20 bits per heavy atom. The van der Waals surface area contributed by atoms with Crippen LogP contribution < -0.4 is 15.8 Å². The number of nitrogens with two attached hydrogens (primary N) is 1. The zero-order chi connectivity index (χ0) is 14.5. The lowest BCUT2D eigenvalue weighted by Gasteiger charge is -2.05. The van der Waals surface area contributed by atoms with Gasteiger partial charge in [-0.25, -0.2) is 0 Å². The fraction of sp³-hybridized carbons (Fsp3) is 0.250. The molecule has 3 N–H and O–H groups in total. The van der Waals surface area contributed by atoms with Gasteiger partial charge in [-0.1, -0.05) is 11.3 Å². The predicted octanol–water partition coefficient (Wildman–Crippen LogP) is 1.38. The van der Waals surface area contributed by atoms with Gasteiger partial charge in [0.1, 0.15) is 12.4 Å². The zero-order valence-corrected chi connectivity index (χ0v) is 11.9. The minimum atomic E-state index is -0.283. The molecule has 1 aromatic heterocycles. The molecule has 8 heteroatoms. The lowest BCUT2D eigenvalue weighted by atomic mass is 10.2. The Hall–Kier alpha value is -2.19. The normalized spacial score (nSPS) is 10.3. The molecule has 0 saturated heterocycles. The summed E-state index contributed by atoms with van der Waals surface area (Å²) in [6.45, 7) is -0.0312. The number of rotatable bonds is 5. The third-order valence-corrected chi connectivity index (χ3v) is 3.27. The molecule has 2 aromatic rings. The number of amides is 1. The van der Waals surface area contributed by atoms with Crippen LogP contribution in [0.2, 0.25) is 0 Å². The smallest absolute Gasteiger partial charge is 0.252 e. The molecule has 1 amide bonds. The van der Waals surface area contributed by atoms with E-state index in [1.165, 1.54) is 18.4 Å². The lowest BCUT2D eigenvalue weighted by Crippen LogP contribution is -2.16. The molecule has 0 aliphatic heterocycles. The van der Waals surface area contributed by atoms with Crippen LogP contribution in [0.3, 0.4) is 0 Å². The maximum Gasteiger partial charge on any atom is 0.252 e. The van der Waals surface area contributed by atoms with E-state index in [0.717, 1.165) is 5.56 Å². The molecule has 0 spiro atoms. The van der Waals surface area contributed by atoms with Crippen molar-refractivity contribution in [3.63, 3.8) is 0 Å². The number of nitrogen functional groups attached to an aromatic ring is 1. The Labute approximate surface area is 119 Å². The fourth-order valence-electron chi connectivity index (χ4n) is 1.56. The number of hydrogen-bond donors (Lipinski definition) is 2. The molecule has 20 heavy (non-hydrogen) atoms. The van der Waals surface area contributed by atoms with Crippen molar-refractivity contribution < 1.29 is 14.3 Å². The van der Waals surface area contributed by atoms with E-state index in [2.05, 4.69) is 15.5 Å². The van der Waals surface area contributed by atoms with Crippen LogP contribution in [0.15, 0.2) is 18.2 Å². The SMILES string of the molecule is COCC(=O)Nc1nnc(-c2cc(N)ccc2OC)s1. The summed E-state index contributed by atoms with van der Waals surface area (Å²) < 4.78 is 9.99. The van der Waals surface area contributed by atoms with Gasteiger partial charge >= 0.3 is 0 Å². The van der Waals surface area contributed by atoms with Crippen LogP contribution >= 0.6 is 11.3 Å². The Morgan fingerprint density at radius 1 is 1.40 bits per heavy atom. The van der Waals surface area contributed by atoms with Gasteiger partial charge in [-0.2, -0.15) is 0 Å². The summed E-state index contributed by atoms with van der Waals surface area (Å²) >= 11 is 1.23. The number of aromatic nitrogens is 2. The number of hydrogen-bond acceptors (Lipinski definition) is 7. The molecule has 0 aliphatic rings. The van der Waals surface area contributed by atoms with E-state index in [1.54, 1.807) is 25.3 Å². The topological polar surface area (TPSA) is 99.4 Å². The standard InChI is InChI=1S/C12H14N4O3S/c1-18-6-10(17)14-12-16-15-11(20-12)8-5-7(13)3-4-9(8)19-2/h3-5H,6,13H2,1-2H3,(H,14,16,17). The molecule has 1 heterocycles. The predicted molar refractivity (Wildman–Crippen MR) is 76.8 cm³/mol. The highest BCUT2D eigenvalue weighted by molar-refractivity contribution is 7.18. The zero-order valence-electron chi connectivity index (χ0n) is 11.0. The number of methoxy groups -OCH3 is 2. The summed E-state index contributed by atoms with van der Waals surface area (Å²) in [5.41, 5.74) is 7.09. The Morgan fingerprint density at radius 3 is 2.90 bits per heavy atom. The highest BCUT2D eigenvalue weighted by atomic mass is 32.1. The van der Waals surface area contributed by atoms with Gasteiger partial charge in [-0.3, -0.25) is 10.1 Å². The van der Waals surface area contributed by atoms with Gasteiger partial charge < -0.3 is 15.2 Å². The van der Waals surface area contributed by atoms with Crippen molar-refractivity contribution in [2.75, 3.05) is 31.9 Å². The summed E-state index contributed by atoms with van der Waals surface area (Å²) in [6, 6.07) is 5.25. The van der Waals surface area contributed by atoms with E-state index < -0.39 is 0 Å². The van der Waals surface area contributed by atoms with E-state index in [9.17, 15) is 4.79 Å². The third-order valence-electron chi connectivity index (χ3n) is 2.40. The van der Waals surface area contributed by atoms with Gasteiger partial charge in [-0.05, 0) is 18.2 Å². The first-order chi connectivity index (χ1) is 9.63. The Kier molecular flexibility index (Phi) is 4.49.